The van der Waals surface area contributed by atoms with Crippen LogP contribution >= 0.6 is 0 Å². The van der Waals surface area contributed by atoms with Crippen molar-refractivity contribution in [3.05, 3.63) is 29.8 Å². The highest BCUT2D eigenvalue weighted by Gasteiger charge is 2.39. The second-order valence-corrected chi connectivity index (χ2v) is 4.66. The van der Waals surface area contributed by atoms with Crippen molar-refractivity contribution in [2.75, 3.05) is 13.2 Å². The van der Waals surface area contributed by atoms with Gasteiger partial charge in [-0.25, -0.2) is 4.79 Å². The summed E-state index contributed by atoms with van der Waals surface area (Å²) < 4.78 is 5.28. The molecule has 1 fully saturated rings. The Morgan fingerprint density at radius 2 is 2.00 bits per heavy atom. The number of ether oxygens (including phenoxy) is 1. The van der Waals surface area contributed by atoms with Gasteiger partial charge in [0, 0.05) is 18.5 Å². The van der Waals surface area contributed by atoms with E-state index in [0.29, 0.717) is 17.9 Å². The lowest BCUT2D eigenvalue weighted by Crippen LogP contribution is -2.40. The number of aliphatic carboxylic acids is 1. The summed E-state index contributed by atoms with van der Waals surface area (Å²) in [6.07, 6.45) is -0.722. The number of hydrogen-bond acceptors (Lipinski definition) is 4. The monoisotopic (exact) mass is 279 g/mol. The van der Waals surface area contributed by atoms with E-state index in [1.54, 1.807) is 24.3 Å². The lowest BCUT2D eigenvalue weighted by atomic mass is 10.1. The lowest BCUT2D eigenvalue weighted by molar-refractivity contribution is -0.141. The van der Waals surface area contributed by atoms with Crippen LogP contribution in [0.4, 0.5) is 0 Å². The molecule has 1 amide bonds. The summed E-state index contributed by atoms with van der Waals surface area (Å²) >= 11 is 0. The van der Waals surface area contributed by atoms with E-state index >= 15 is 0 Å². The van der Waals surface area contributed by atoms with E-state index in [2.05, 4.69) is 0 Å². The molecule has 6 heteroatoms. The first kappa shape index (κ1) is 14.3. The number of β-amino-alcohol motifs (C(OH)–C–C–N with tert-alkyl or cyclic N) is 1. The lowest BCUT2D eigenvalue weighted by Gasteiger charge is -2.21. The maximum absolute atomic E-state index is 12.3. The van der Waals surface area contributed by atoms with Gasteiger partial charge in [0.1, 0.15) is 11.8 Å². The molecule has 0 spiro atoms. The van der Waals surface area contributed by atoms with E-state index in [9.17, 15) is 14.7 Å². The molecule has 2 atom stereocenters. The summed E-state index contributed by atoms with van der Waals surface area (Å²) in [5.74, 6) is -0.835. The second-order valence-electron chi connectivity index (χ2n) is 4.66. The molecule has 2 rings (SSSR count). The van der Waals surface area contributed by atoms with Crippen molar-refractivity contribution in [2.24, 2.45) is 0 Å². The Morgan fingerprint density at radius 1 is 1.35 bits per heavy atom. The number of aliphatic hydroxyl groups excluding tert-OH is 1. The molecule has 0 radical (unpaired) electrons. The van der Waals surface area contributed by atoms with Crippen LogP contribution in [-0.2, 0) is 4.79 Å². The predicted molar refractivity (Wildman–Crippen MR) is 70.7 cm³/mol. The second kappa shape index (κ2) is 5.92. The van der Waals surface area contributed by atoms with Crippen LogP contribution in [0.3, 0.4) is 0 Å². The topological polar surface area (TPSA) is 87.1 Å². The van der Waals surface area contributed by atoms with Crippen molar-refractivity contribution in [3.63, 3.8) is 0 Å². The van der Waals surface area contributed by atoms with Gasteiger partial charge in [-0.05, 0) is 31.2 Å². The highest BCUT2D eigenvalue weighted by atomic mass is 16.5. The van der Waals surface area contributed by atoms with E-state index in [-0.39, 0.29) is 13.0 Å². The molecule has 0 aromatic heterocycles. The van der Waals surface area contributed by atoms with Gasteiger partial charge in [-0.3, -0.25) is 4.79 Å². The van der Waals surface area contributed by atoms with E-state index in [1.807, 2.05) is 6.92 Å². The SMILES string of the molecule is CCOc1ccc(C(=O)N2C[C@H](O)C[C@@H]2C(=O)O)cc1. The fraction of sp³-hybridized carbons (Fsp3) is 0.429. The molecule has 1 heterocycles. The molecule has 1 saturated heterocycles. The molecule has 1 aliphatic rings. The van der Waals surface area contributed by atoms with E-state index in [1.165, 1.54) is 4.90 Å². The maximum Gasteiger partial charge on any atom is 0.326 e. The number of rotatable bonds is 4. The Bertz CT molecular complexity index is 499. The van der Waals surface area contributed by atoms with Gasteiger partial charge >= 0.3 is 5.97 Å². The average molecular weight is 279 g/mol. The van der Waals surface area contributed by atoms with Gasteiger partial charge in [0.15, 0.2) is 0 Å². The standard InChI is InChI=1S/C14H17NO5/c1-2-20-11-5-3-9(4-6-11)13(17)15-8-10(16)7-12(15)14(18)19/h3-6,10,12,16H,2,7-8H2,1H3,(H,18,19)/t10-,12-/m1/s1. The Labute approximate surface area is 116 Å². The number of nitrogens with zero attached hydrogens (tertiary/aromatic N) is 1. The van der Waals surface area contributed by atoms with Crippen LogP contribution in [0, 0.1) is 0 Å². The summed E-state index contributed by atoms with van der Waals surface area (Å²) in [4.78, 5) is 24.6. The Kier molecular flexibility index (Phi) is 4.24. The maximum atomic E-state index is 12.3. The Morgan fingerprint density at radius 3 is 2.55 bits per heavy atom. The number of benzene rings is 1. The number of carboxylic acid groups (broad SMARTS) is 1. The van der Waals surface area contributed by atoms with E-state index < -0.39 is 24.0 Å². The minimum Gasteiger partial charge on any atom is -0.494 e. The van der Waals surface area contributed by atoms with Crippen LogP contribution < -0.4 is 4.74 Å². The molecule has 0 bridgehead atoms. The number of hydrogen-bond donors (Lipinski definition) is 2. The van der Waals surface area contributed by atoms with Gasteiger partial charge < -0.3 is 19.8 Å². The number of carbonyl (C=O) groups is 2. The Hall–Kier alpha value is -2.08. The molecule has 0 saturated carbocycles. The van der Waals surface area contributed by atoms with Crippen molar-refractivity contribution in [1.82, 2.24) is 4.90 Å². The fourth-order valence-electron chi connectivity index (χ4n) is 2.30. The van der Waals surface area contributed by atoms with Crippen LogP contribution in [0.5, 0.6) is 5.75 Å². The molecule has 108 valence electrons. The molecule has 2 N–H and O–H groups in total. The van der Waals surface area contributed by atoms with Crippen LogP contribution in [0.1, 0.15) is 23.7 Å². The number of likely N-dealkylation sites (tertiary alicyclic amines) is 1. The van der Waals surface area contributed by atoms with Crippen LogP contribution in [0.2, 0.25) is 0 Å². The highest BCUT2D eigenvalue weighted by molar-refractivity contribution is 5.97. The molecule has 1 aromatic carbocycles. The first-order valence-corrected chi connectivity index (χ1v) is 6.47. The first-order chi connectivity index (χ1) is 9.52. The average Bonchev–Trinajstić information content (AvgIpc) is 2.81. The summed E-state index contributed by atoms with van der Waals surface area (Å²) in [5, 5.41) is 18.6. The molecule has 0 unspecified atom stereocenters. The molecule has 20 heavy (non-hydrogen) atoms. The number of carbonyl (C=O) groups excluding carboxylic acids is 1. The molecule has 0 aliphatic carbocycles. The zero-order valence-electron chi connectivity index (χ0n) is 11.2. The molecule has 1 aromatic rings. The summed E-state index contributed by atoms with van der Waals surface area (Å²) in [6.45, 7) is 2.44. The molecular formula is C14H17NO5. The largest absolute Gasteiger partial charge is 0.494 e. The van der Waals surface area contributed by atoms with Crippen molar-refractivity contribution >= 4 is 11.9 Å². The van der Waals surface area contributed by atoms with Crippen LogP contribution in [0.15, 0.2) is 24.3 Å². The van der Waals surface area contributed by atoms with Gasteiger partial charge in [0.25, 0.3) is 5.91 Å². The summed E-state index contributed by atoms with van der Waals surface area (Å²) in [6, 6.07) is 5.55. The van der Waals surface area contributed by atoms with Gasteiger partial charge in [-0.2, -0.15) is 0 Å². The Balaban J connectivity index is 2.15. The van der Waals surface area contributed by atoms with Gasteiger partial charge in [0.2, 0.25) is 0 Å². The summed E-state index contributed by atoms with van der Waals surface area (Å²) in [7, 11) is 0. The zero-order chi connectivity index (χ0) is 14.7. The quantitative estimate of drug-likeness (QED) is 0.849. The highest BCUT2D eigenvalue weighted by Crippen LogP contribution is 2.22. The van der Waals surface area contributed by atoms with Crippen LogP contribution in [0.25, 0.3) is 0 Å². The van der Waals surface area contributed by atoms with Crippen molar-refractivity contribution in [3.8, 4) is 5.75 Å². The normalized spacial score (nSPS) is 21.8. The van der Waals surface area contributed by atoms with Gasteiger partial charge in [0.05, 0.1) is 12.7 Å². The van der Waals surface area contributed by atoms with Gasteiger partial charge in [-0.15, -0.1) is 0 Å². The molecule has 6 nitrogen and oxygen atoms in total. The number of carboxylic acids is 1. The third-order valence-corrected chi connectivity index (χ3v) is 3.24. The van der Waals surface area contributed by atoms with Gasteiger partial charge in [-0.1, -0.05) is 0 Å². The molecule has 1 aliphatic heterocycles. The minimum absolute atomic E-state index is 0.0447. The third-order valence-electron chi connectivity index (χ3n) is 3.24. The first-order valence-electron chi connectivity index (χ1n) is 6.47. The number of aliphatic hydroxyl groups is 1. The zero-order valence-corrected chi connectivity index (χ0v) is 11.2. The smallest absolute Gasteiger partial charge is 0.326 e. The van der Waals surface area contributed by atoms with E-state index in [4.69, 9.17) is 9.84 Å². The predicted octanol–water partition coefficient (Wildman–Crippen LogP) is 0.745. The van der Waals surface area contributed by atoms with Crippen molar-refractivity contribution in [2.45, 2.75) is 25.5 Å². The third kappa shape index (κ3) is 2.91. The summed E-state index contributed by atoms with van der Waals surface area (Å²) in [5.41, 5.74) is 0.383. The fourth-order valence-corrected chi connectivity index (χ4v) is 2.30. The number of amides is 1. The molecular weight excluding hydrogens is 262 g/mol. The van der Waals surface area contributed by atoms with Crippen molar-refractivity contribution in [1.29, 1.82) is 0 Å². The van der Waals surface area contributed by atoms with Crippen molar-refractivity contribution < 1.29 is 24.5 Å². The minimum atomic E-state index is -1.10. The van der Waals surface area contributed by atoms with Crippen LogP contribution in [-0.4, -0.2) is 52.3 Å². The van der Waals surface area contributed by atoms with E-state index in [0.717, 1.165) is 0 Å².